The molecule has 0 unspecified atom stereocenters. The fourth-order valence-electron chi connectivity index (χ4n) is 2.69. The van der Waals surface area contributed by atoms with Crippen LogP contribution in [-0.2, 0) is 4.79 Å². The van der Waals surface area contributed by atoms with Crippen molar-refractivity contribution in [2.24, 2.45) is 0 Å². The molecule has 3 rings (SSSR count). The van der Waals surface area contributed by atoms with Gasteiger partial charge in [-0.15, -0.1) is 11.3 Å². The summed E-state index contributed by atoms with van der Waals surface area (Å²) < 4.78 is 5.11. The lowest BCUT2D eigenvalue weighted by molar-refractivity contribution is -0.127. The van der Waals surface area contributed by atoms with Crippen molar-refractivity contribution < 1.29 is 14.3 Å². The van der Waals surface area contributed by atoms with Crippen molar-refractivity contribution in [2.75, 3.05) is 33.3 Å². The van der Waals surface area contributed by atoms with E-state index in [1.165, 1.54) is 0 Å². The van der Waals surface area contributed by atoms with E-state index in [1.807, 2.05) is 23.6 Å². The van der Waals surface area contributed by atoms with E-state index in [9.17, 15) is 9.59 Å². The molecule has 130 valence electrons. The molecule has 0 atom stereocenters. The van der Waals surface area contributed by atoms with E-state index in [0.29, 0.717) is 31.7 Å². The van der Waals surface area contributed by atoms with E-state index in [1.54, 1.807) is 58.6 Å². The van der Waals surface area contributed by atoms with E-state index in [2.05, 4.69) is 0 Å². The Hall–Kier alpha value is -2.60. The molecule has 0 aliphatic carbocycles. The maximum Gasteiger partial charge on any atom is 0.253 e. The molecular formula is C19H20N2O3S. The first-order chi connectivity index (χ1) is 12.2. The summed E-state index contributed by atoms with van der Waals surface area (Å²) in [4.78, 5) is 29.4. The summed E-state index contributed by atoms with van der Waals surface area (Å²) in [5.74, 6) is 0.707. The van der Waals surface area contributed by atoms with Crippen LogP contribution in [0.1, 0.15) is 15.2 Å². The summed E-state index contributed by atoms with van der Waals surface area (Å²) in [5, 5.41) is 1.98. The zero-order valence-electron chi connectivity index (χ0n) is 14.1. The Morgan fingerprint density at radius 1 is 1.04 bits per heavy atom. The van der Waals surface area contributed by atoms with Crippen LogP contribution in [0.15, 0.2) is 47.9 Å². The Balaban J connectivity index is 1.54. The topological polar surface area (TPSA) is 49.9 Å². The summed E-state index contributed by atoms with van der Waals surface area (Å²) >= 11 is 1.60. The van der Waals surface area contributed by atoms with Crippen LogP contribution in [0.5, 0.6) is 5.75 Å². The molecule has 1 fully saturated rings. The van der Waals surface area contributed by atoms with E-state index in [4.69, 9.17) is 4.74 Å². The van der Waals surface area contributed by atoms with Crippen LogP contribution in [0.3, 0.4) is 0 Å². The van der Waals surface area contributed by atoms with Gasteiger partial charge in [-0.2, -0.15) is 0 Å². The second-order valence-electron chi connectivity index (χ2n) is 5.69. The average Bonchev–Trinajstić information content (AvgIpc) is 3.19. The number of ether oxygens (including phenoxy) is 1. The molecule has 1 aliphatic heterocycles. The normalized spacial score (nSPS) is 14.8. The predicted octanol–water partition coefficient (Wildman–Crippen LogP) is 2.75. The third-order valence-electron chi connectivity index (χ3n) is 4.15. The Kier molecular flexibility index (Phi) is 5.50. The molecular weight excluding hydrogens is 336 g/mol. The van der Waals surface area contributed by atoms with Gasteiger partial charge >= 0.3 is 0 Å². The molecule has 2 aromatic rings. The summed E-state index contributed by atoms with van der Waals surface area (Å²) in [6, 6.07) is 11.0. The lowest BCUT2D eigenvalue weighted by Gasteiger charge is -2.34. The summed E-state index contributed by atoms with van der Waals surface area (Å²) in [6.07, 6.45) is 3.44. The van der Waals surface area contributed by atoms with E-state index < -0.39 is 0 Å². The molecule has 0 bridgehead atoms. The fraction of sp³-hybridized carbons (Fsp3) is 0.263. The average molecular weight is 356 g/mol. The molecule has 6 heteroatoms. The first kappa shape index (κ1) is 17.2. The second-order valence-corrected chi connectivity index (χ2v) is 6.67. The third-order valence-corrected chi connectivity index (χ3v) is 4.99. The number of thiophene rings is 1. The van der Waals surface area contributed by atoms with E-state index in [0.717, 1.165) is 10.6 Å². The minimum atomic E-state index is -0.0103. The van der Waals surface area contributed by atoms with Crippen molar-refractivity contribution in [3.63, 3.8) is 0 Å². The van der Waals surface area contributed by atoms with Crippen LogP contribution < -0.4 is 4.74 Å². The number of carbonyl (C=O) groups excluding carboxylic acids is 2. The maximum atomic E-state index is 12.5. The van der Waals surface area contributed by atoms with E-state index in [-0.39, 0.29) is 11.8 Å². The Morgan fingerprint density at radius 2 is 1.72 bits per heavy atom. The highest BCUT2D eigenvalue weighted by molar-refractivity contribution is 7.10. The van der Waals surface area contributed by atoms with Crippen LogP contribution in [-0.4, -0.2) is 54.9 Å². The predicted molar refractivity (Wildman–Crippen MR) is 98.8 cm³/mol. The molecule has 1 saturated heterocycles. The van der Waals surface area contributed by atoms with Crippen molar-refractivity contribution in [2.45, 2.75) is 0 Å². The number of amides is 2. The van der Waals surface area contributed by atoms with Crippen molar-refractivity contribution in [1.29, 1.82) is 0 Å². The highest BCUT2D eigenvalue weighted by Gasteiger charge is 2.23. The number of hydrogen-bond acceptors (Lipinski definition) is 4. The standard InChI is InChI=1S/C19H20N2O3S/c1-24-16-6-4-15(5-7-16)19(23)21-12-10-20(11-13-21)18(22)9-8-17-3-2-14-25-17/h2-9,14H,10-13H2,1H3. The number of nitrogens with zero attached hydrogens (tertiary/aromatic N) is 2. The van der Waals surface area contributed by atoms with Gasteiger partial charge in [0.15, 0.2) is 0 Å². The third kappa shape index (κ3) is 4.28. The number of benzene rings is 1. The number of hydrogen-bond donors (Lipinski definition) is 0. The number of carbonyl (C=O) groups is 2. The largest absolute Gasteiger partial charge is 0.497 e. The molecule has 0 radical (unpaired) electrons. The molecule has 1 aromatic heterocycles. The Bertz CT molecular complexity index is 745. The molecule has 25 heavy (non-hydrogen) atoms. The van der Waals surface area contributed by atoms with Gasteiger partial charge in [-0.1, -0.05) is 6.07 Å². The van der Waals surface area contributed by atoms with Gasteiger partial charge in [-0.25, -0.2) is 0 Å². The monoisotopic (exact) mass is 356 g/mol. The molecule has 2 heterocycles. The van der Waals surface area contributed by atoms with Gasteiger partial charge in [0.25, 0.3) is 5.91 Å². The summed E-state index contributed by atoms with van der Waals surface area (Å²) in [6.45, 7) is 2.19. The van der Waals surface area contributed by atoms with Crippen LogP contribution in [0.4, 0.5) is 0 Å². The SMILES string of the molecule is COc1ccc(C(=O)N2CCN(C(=O)C=Cc3cccs3)CC2)cc1. The zero-order chi connectivity index (χ0) is 17.6. The van der Waals surface area contributed by atoms with Crippen molar-refractivity contribution in [3.8, 4) is 5.75 Å². The molecule has 0 spiro atoms. The van der Waals surface area contributed by atoms with Crippen molar-refractivity contribution in [1.82, 2.24) is 9.80 Å². The molecule has 2 amide bonds. The lowest BCUT2D eigenvalue weighted by Crippen LogP contribution is -2.50. The number of rotatable bonds is 4. The van der Waals surface area contributed by atoms with Gasteiger partial charge in [0.05, 0.1) is 7.11 Å². The molecule has 1 aliphatic rings. The smallest absolute Gasteiger partial charge is 0.253 e. The summed E-state index contributed by atoms with van der Waals surface area (Å²) in [5.41, 5.74) is 0.637. The van der Waals surface area contributed by atoms with Gasteiger partial charge in [0.1, 0.15) is 5.75 Å². The van der Waals surface area contributed by atoms with Crippen LogP contribution in [0, 0.1) is 0 Å². The highest BCUT2D eigenvalue weighted by atomic mass is 32.1. The quantitative estimate of drug-likeness (QED) is 0.792. The number of methoxy groups -OCH3 is 1. The van der Waals surface area contributed by atoms with Crippen LogP contribution >= 0.6 is 11.3 Å². The molecule has 0 saturated carbocycles. The number of piperazine rings is 1. The maximum absolute atomic E-state index is 12.5. The fourth-order valence-corrected chi connectivity index (χ4v) is 3.31. The van der Waals surface area contributed by atoms with Gasteiger partial charge in [-0.3, -0.25) is 9.59 Å². The molecule has 5 nitrogen and oxygen atoms in total. The second kappa shape index (κ2) is 7.98. The van der Waals surface area contributed by atoms with Gasteiger partial charge in [0.2, 0.25) is 5.91 Å². The van der Waals surface area contributed by atoms with Crippen LogP contribution in [0.2, 0.25) is 0 Å². The zero-order valence-corrected chi connectivity index (χ0v) is 14.9. The summed E-state index contributed by atoms with van der Waals surface area (Å²) in [7, 11) is 1.60. The first-order valence-electron chi connectivity index (χ1n) is 8.11. The highest BCUT2D eigenvalue weighted by Crippen LogP contribution is 2.15. The Morgan fingerprint density at radius 3 is 2.32 bits per heavy atom. The minimum absolute atomic E-state index is 0.00931. The Labute approximate surface area is 151 Å². The minimum Gasteiger partial charge on any atom is -0.497 e. The first-order valence-corrected chi connectivity index (χ1v) is 8.99. The molecule has 0 N–H and O–H groups in total. The van der Waals surface area contributed by atoms with Crippen LogP contribution in [0.25, 0.3) is 6.08 Å². The van der Waals surface area contributed by atoms with Crippen molar-refractivity contribution in [3.05, 3.63) is 58.3 Å². The van der Waals surface area contributed by atoms with Gasteiger partial charge in [0, 0.05) is 42.7 Å². The van der Waals surface area contributed by atoms with E-state index >= 15 is 0 Å². The van der Waals surface area contributed by atoms with Gasteiger partial charge in [-0.05, 0) is 41.8 Å². The lowest BCUT2D eigenvalue weighted by atomic mass is 10.1. The van der Waals surface area contributed by atoms with Gasteiger partial charge < -0.3 is 14.5 Å². The van der Waals surface area contributed by atoms with Crippen molar-refractivity contribution >= 4 is 29.2 Å². The molecule has 1 aromatic carbocycles.